The number of nitrogens with zero attached hydrogens (tertiary/aromatic N) is 1. The molecule has 0 amide bonds. The lowest BCUT2D eigenvalue weighted by Gasteiger charge is -2.00. The maximum Gasteiger partial charge on any atom is 0.208 e. The standard InChI is InChI=1S/C2H5Cl3N/c1-2-6(3,4)5/h2H2,1H3/q+1. The summed E-state index contributed by atoms with van der Waals surface area (Å²) in [5.41, 5.74) is 0. The van der Waals surface area contributed by atoms with Gasteiger partial charge < -0.3 is 0 Å². The molecule has 0 rings (SSSR count). The molecule has 0 bridgehead atoms. The van der Waals surface area contributed by atoms with Crippen molar-refractivity contribution in [1.29, 1.82) is 0 Å². The quantitative estimate of drug-likeness (QED) is 0.502. The molecule has 0 N–H and O–H groups in total. The second kappa shape index (κ2) is 2.22. The van der Waals surface area contributed by atoms with Crippen molar-refractivity contribution >= 4 is 35.3 Å². The molecule has 0 atom stereocenters. The fraction of sp³-hybridized carbons (Fsp3) is 1.00. The third-order valence-corrected chi connectivity index (χ3v) is 1.08. The Morgan fingerprint density at radius 2 is 1.50 bits per heavy atom. The number of halogens is 3. The summed E-state index contributed by atoms with van der Waals surface area (Å²) in [6.07, 6.45) is 0. The van der Waals surface area contributed by atoms with E-state index in [2.05, 4.69) is 0 Å². The Hall–Kier alpha value is 0.830. The van der Waals surface area contributed by atoms with E-state index in [9.17, 15) is 0 Å². The molecule has 0 fully saturated rings. The first-order valence-electron chi connectivity index (χ1n) is 1.53. The Morgan fingerprint density at radius 1 is 1.33 bits per heavy atom. The van der Waals surface area contributed by atoms with Crippen LogP contribution in [0, 0.1) is 0 Å². The highest BCUT2D eigenvalue weighted by Gasteiger charge is 2.16. The second-order valence-electron chi connectivity index (χ2n) is 0.866. The van der Waals surface area contributed by atoms with E-state index in [1.807, 2.05) is 0 Å². The van der Waals surface area contributed by atoms with Gasteiger partial charge in [-0.1, -0.05) is 0 Å². The average Bonchev–Trinajstić information content (AvgIpc) is 1.35. The predicted octanol–water partition coefficient (Wildman–Crippen LogP) is 2.28. The van der Waals surface area contributed by atoms with Gasteiger partial charge in [-0.15, -0.1) is 0 Å². The average molecular weight is 149 g/mol. The molecule has 38 valence electrons. The molecule has 0 aromatic rings. The molecular formula is C2H5Cl3N+. The minimum atomic E-state index is -0.514. The minimum Gasteiger partial charge on any atom is -0.0251 e. The van der Waals surface area contributed by atoms with Crippen LogP contribution in [-0.2, 0) is 0 Å². The zero-order valence-corrected chi connectivity index (χ0v) is 5.56. The van der Waals surface area contributed by atoms with E-state index in [1.165, 1.54) is 0 Å². The van der Waals surface area contributed by atoms with Gasteiger partial charge in [-0.25, -0.2) is 0 Å². The molecule has 0 radical (unpaired) electrons. The number of hydrogen-bond donors (Lipinski definition) is 0. The van der Waals surface area contributed by atoms with Crippen molar-refractivity contribution in [2.75, 3.05) is 6.54 Å². The first-order chi connectivity index (χ1) is 2.56. The smallest absolute Gasteiger partial charge is 0.0251 e. The molecule has 0 aliphatic carbocycles. The van der Waals surface area contributed by atoms with Crippen LogP contribution in [0.4, 0.5) is 0 Å². The van der Waals surface area contributed by atoms with Gasteiger partial charge in [-0.3, -0.25) is 0 Å². The first kappa shape index (κ1) is 6.83. The van der Waals surface area contributed by atoms with Crippen LogP contribution in [0.5, 0.6) is 0 Å². The summed E-state index contributed by atoms with van der Waals surface area (Å²) in [4.78, 5) is 0. The van der Waals surface area contributed by atoms with Crippen molar-refractivity contribution < 1.29 is 3.04 Å². The number of quaternary nitrogens is 1. The molecule has 0 saturated carbocycles. The van der Waals surface area contributed by atoms with E-state index in [-0.39, 0.29) is 0 Å². The molecule has 6 heavy (non-hydrogen) atoms. The highest BCUT2D eigenvalue weighted by atomic mass is 35.6. The normalized spacial score (nSPS) is 12.0. The number of rotatable bonds is 1. The van der Waals surface area contributed by atoms with Crippen LogP contribution in [0.15, 0.2) is 0 Å². The van der Waals surface area contributed by atoms with Crippen molar-refractivity contribution in [2.45, 2.75) is 6.92 Å². The SMILES string of the molecule is CC[N+](Cl)(Cl)Cl. The van der Waals surface area contributed by atoms with Crippen LogP contribution in [0.25, 0.3) is 0 Å². The van der Waals surface area contributed by atoms with E-state index < -0.39 is 3.04 Å². The van der Waals surface area contributed by atoms with Gasteiger partial charge in [0.1, 0.15) is 6.54 Å². The summed E-state index contributed by atoms with van der Waals surface area (Å²) < 4.78 is -0.514. The van der Waals surface area contributed by atoms with Crippen molar-refractivity contribution in [2.24, 2.45) is 0 Å². The third-order valence-electron chi connectivity index (χ3n) is 0.359. The Labute approximate surface area is 52.3 Å². The Balaban J connectivity index is 3.17. The molecular weight excluding hydrogens is 144 g/mol. The van der Waals surface area contributed by atoms with Gasteiger partial charge in [0, 0.05) is 0 Å². The predicted molar refractivity (Wildman–Crippen MR) is 28.4 cm³/mol. The zero-order chi connectivity index (χ0) is 5.21. The molecule has 1 nitrogen and oxygen atoms in total. The number of hydrogen-bond acceptors (Lipinski definition) is 0. The maximum absolute atomic E-state index is 5.19. The maximum atomic E-state index is 5.19. The van der Waals surface area contributed by atoms with Crippen LogP contribution in [0.1, 0.15) is 6.92 Å². The fourth-order valence-electron chi connectivity index (χ4n) is 0. The Kier molecular flexibility index (Phi) is 2.53. The fourth-order valence-corrected chi connectivity index (χ4v) is 0. The van der Waals surface area contributed by atoms with Crippen LogP contribution in [0.2, 0.25) is 0 Å². The van der Waals surface area contributed by atoms with Crippen molar-refractivity contribution in [1.82, 2.24) is 0 Å². The molecule has 4 heteroatoms. The van der Waals surface area contributed by atoms with Gasteiger partial charge >= 0.3 is 0 Å². The second-order valence-corrected chi connectivity index (χ2v) is 3.12. The lowest BCUT2D eigenvalue weighted by atomic mass is 10.8. The van der Waals surface area contributed by atoms with Crippen LogP contribution >= 0.6 is 35.3 Å². The third kappa shape index (κ3) is 4.83. The molecule has 0 aliphatic rings. The van der Waals surface area contributed by atoms with E-state index >= 15 is 0 Å². The monoisotopic (exact) mass is 148 g/mol. The van der Waals surface area contributed by atoms with E-state index in [1.54, 1.807) is 6.92 Å². The van der Waals surface area contributed by atoms with Crippen LogP contribution in [-0.4, -0.2) is 9.58 Å². The van der Waals surface area contributed by atoms with Gasteiger partial charge in [0.25, 0.3) is 0 Å². The highest BCUT2D eigenvalue weighted by molar-refractivity contribution is 6.37. The van der Waals surface area contributed by atoms with E-state index in [0.29, 0.717) is 6.54 Å². The van der Waals surface area contributed by atoms with E-state index in [0.717, 1.165) is 0 Å². The highest BCUT2D eigenvalue weighted by Crippen LogP contribution is 2.19. The van der Waals surface area contributed by atoms with Crippen molar-refractivity contribution in [3.63, 3.8) is 0 Å². The summed E-state index contributed by atoms with van der Waals surface area (Å²) in [6, 6.07) is 0. The Bertz CT molecular complexity index is 38.5. The molecule has 0 aliphatic heterocycles. The van der Waals surface area contributed by atoms with Gasteiger partial charge in [0.05, 0.1) is 0 Å². The largest absolute Gasteiger partial charge is 0.208 e. The lowest BCUT2D eigenvalue weighted by molar-refractivity contribution is -0.545. The molecule has 0 aromatic carbocycles. The first-order valence-corrected chi connectivity index (χ1v) is 2.54. The molecule has 0 saturated heterocycles. The van der Waals surface area contributed by atoms with E-state index in [4.69, 9.17) is 35.3 Å². The molecule has 0 spiro atoms. The summed E-state index contributed by atoms with van der Waals surface area (Å²) in [5, 5.41) is 0. The Morgan fingerprint density at radius 3 is 1.50 bits per heavy atom. The van der Waals surface area contributed by atoms with Crippen LogP contribution < -0.4 is 0 Å². The molecule has 0 heterocycles. The summed E-state index contributed by atoms with van der Waals surface area (Å²) >= 11 is 15.6. The van der Waals surface area contributed by atoms with Crippen LogP contribution in [0.3, 0.4) is 0 Å². The zero-order valence-electron chi connectivity index (χ0n) is 3.29. The van der Waals surface area contributed by atoms with Gasteiger partial charge in [0.15, 0.2) is 0 Å². The topological polar surface area (TPSA) is 0 Å². The summed E-state index contributed by atoms with van der Waals surface area (Å²) in [5.74, 6) is 0. The van der Waals surface area contributed by atoms with Crippen molar-refractivity contribution in [3.05, 3.63) is 0 Å². The van der Waals surface area contributed by atoms with Gasteiger partial charge in [-0.05, 0) is 9.96 Å². The summed E-state index contributed by atoms with van der Waals surface area (Å²) in [7, 11) is 0. The van der Waals surface area contributed by atoms with Gasteiger partial charge in [-0.2, -0.15) is 0 Å². The van der Waals surface area contributed by atoms with Gasteiger partial charge in [0.2, 0.25) is 35.3 Å². The minimum absolute atomic E-state index is 0.505. The van der Waals surface area contributed by atoms with Crippen molar-refractivity contribution in [3.8, 4) is 0 Å². The lowest BCUT2D eigenvalue weighted by Crippen LogP contribution is -2.10. The molecule has 0 unspecified atom stereocenters. The molecule has 0 aromatic heterocycles. The summed E-state index contributed by atoms with van der Waals surface area (Å²) in [6.45, 7) is 2.29.